The van der Waals surface area contributed by atoms with Gasteiger partial charge in [-0.1, -0.05) is 12.8 Å². The molecular formula is C13H18N4O. The molecule has 5 nitrogen and oxygen atoms in total. The van der Waals surface area contributed by atoms with Crippen LogP contribution in [-0.4, -0.2) is 33.9 Å². The van der Waals surface area contributed by atoms with E-state index in [2.05, 4.69) is 15.4 Å². The van der Waals surface area contributed by atoms with Gasteiger partial charge in [0.05, 0.1) is 18.9 Å². The lowest BCUT2D eigenvalue weighted by atomic mass is 10.3. The van der Waals surface area contributed by atoms with Crippen molar-refractivity contribution in [1.82, 2.24) is 14.6 Å². The van der Waals surface area contributed by atoms with Crippen molar-refractivity contribution in [1.29, 1.82) is 0 Å². The smallest absolute Gasteiger partial charge is 0.157 e. The molecule has 0 unspecified atom stereocenters. The van der Waals surface area contributed by atoms with Crippen LogP contribution in [0.5, 0.6) is 0 Å². The van der Waals surface area contributed by atoms with Crippen LogP contribution < -0.4 is 5.32 Å². The quantitative estimate of drug-likeness (QED) is 0.821. The van der Waals surface area contributed by atoms with Crippen LogP contribution >= 0.6 is 0 Å². The lowest BCUT2D eigenvalue weighted by Gasteiger charge is -2.11. The minimum atomic E-state index is 0.483. The third-order valence-electron chi connectivity index (χ3n) is 3.32. The van der Waals surface area contributed by atoms with E-state index in [9.17, 15) is 0 Å². The van der Waals surface area contributed by atoms with Gasteiger partial charge in [0.1, 0.15) is 5.82 Å². The van der Waals surface area contributed by atoms with Crippen molar-refractivity contribution in [2.24, 2.45) is 0 Å². The normalized spacial score (nSPS) is 16.4. The fourth-order valence-corrected chi connectivity index (χ4v) is 2.37. The van der Waals surface area contributed by atoms with Gasteiger partial charge in [0, 0.05) is 18.8 Å². The molecule has 96 valence electrons. The van der Waals surface area contributed by atoms with Crippen molar-refractivity contribution in [3.8, 4) is 0 Å². The number of hydrogen-bond acceptors (Lipinski definition) is 4. The Balaban J connectivity index is 1.47. The molecule has 0 radical (unpaired) electrons. The summed E-state index contributed by atoms with van der Waals surface area (Å²) in [5.41, 5.74) is 0.858. The van der Waals surface area contributed by atoms with Crippen LogP contribution in [0.4, 0.5) is 5.82 Å². The minimum Gasteiger partial charge on any atom is -0.376 e. The first-order valence-electron chi connectivity index (χ1n) is 6.58. The highest BCUT2D eigenvalue weighted by molar-refractivity contribution is 5.45. The highest BCUT2D eigenvalue weighted by Gasteiger charge is 2.14. The summed E-state index contributed by atoms with van der Waals surface area (Å²) in [6.07, 6.45) is 9.21. The van der Waals surface area contributed by atoms with Crippen LogP contribution in [0.3, 0.4) is 0 Å². The van der Waals surface area contributed by atoms with E-state index in [4.69, 9.17) is 4.74 Å². The van der Waals surface area contributed by atoms with Gasteiger partial charge in [0.25, 0.3) is 0 Å². The Labute approximate surface area is 106 Å². The second kappa shape index (κ2) is 5.35. The molecule has 1 aliphatic carbocycles. The number of rotatable bonds is 5. The number of hydrogen-bond donors (Lipinski definition) is 1. The first kappa shape index (κ1) is 11.5. The van der Waals surface area contributed by atoms with E-state index in [0.29, 0.717) is 6.10 Å². The second-order valence-corrected chi connectivity index (χ2v) is 4.65. The molecule has 1 saturated carbocycles. The molecule has 0 aliphatic heterocycles. The Bertz CT molecular complexity index is 504. The highest BCUT2D eigenvalue weighted by atomic mass is 16.5. The fourth-order valence-electron chi connectivity index (χ4n) is 2.37. The Hall–Kier alpha value is -1.62. The standard InChI is InChI=1S/C13H18N4O/c1-2-4-11(3-1)18-10-8-14-12-6-9-17-13(16-12)5-7-15-17/h5-7,9,11H,1-4,8,10H2,(H,14,16). The molecule has 1 aliphatic rings. The van der Waals surface area contributed by atoms with Crippen LogP contribution in [-0.2, 0) is 4.74 Å². The molecule has 3 rings (SSSR count). The molecule has 0 aromatic carbocycles. The summed E-state index contributed by atoms with van der Waals surface area (Å²) in [6.45, 7) is 1.55. The maximum absolute atomic E-state index is 5.79. The van der Waals surface area contributed by atoms with Gasteiger partial charge in [-0.2, -0.15) is 5.10 Å². The number of anilines is 1. The Morgan fingerprint density at radius 1 is 1.33 bits per heavy atom. The van der Waals surface area contributed by atoms with Gasteiger partial charge in [-0.15, -0.1) is 0 Å². The predicted octanol–water partition coefficient (Wildman–Crippen LogP) is 2.10. The summed E-state index contributed by atoms with van der Waals surface area (Å²) in [5.74, 6) is 0.873. The SMILES string of the molecule is c1cc2nc(NCCOC3CCCC3)ccn2n1. The third-order valence-corrected chi connectivity index (χ3v) is 3.32. The van der Waals surface area contributed by atoms with Crippen LogP contribution in [0.15, 0.2) is 24.5 Å². The average molecular weight is 246 g/mol. The molecule has 2 aromatic rings. The van der Waals surface area contributed by atoms with E-state index >= 15 is 0 Å². The van der Waals surface area contributed by atoms with Gasteiger partial charge < -0.3 is 10.1 Å². The predicted molar refractivity (Wildman–Crippen MR) is 69.7 cm³/mol. The number of fused-ring (bicyclic) bond motifs is 1. The molecular weight excluding hydrogens is 228 g/mol. The van der Waals surface area contributed by atoms with Crippen molar-refractivity contribution in [3.05, 3.63) is 24.5 Å². The molecule has 0 bridgehead atoms. The van der Waals surface area contributed by atoms with E-state index in [1.54, 1.807) is 10.7 Å². The summed E-state index contributed by atoms with van der Waals surface area (Å²) >= 11 is 0. The van der Waals surface area contributed by atoms with E-state index in [1.165, 1.54) is 25.7 Å². The molecule has 18 heavy (non-hydrogen) atoms. The zero-order valence-electron chi connectivity index (χ0n) is 10.4. The number of nitrogens with one attached hydrogen (secondary N) is 1. The van der Waals surface area contributed by atoms with Crippen LogP contribution in [0.2, 0.25) is 0 Å². The molecule has 0 spiro atoms. The van der Waals surface area contributed by atoms with E-state index in [-0.39, 0.29) is 0 Å². The molecule has 2 aromatic heterocycles. The monoisotopic (exact) mass is 246 g/mol. The van der Waals surface area contributed by atoms with Gasteiger partial charge in [0.15, 0.2) is 5.65 Å². The lowest BCUT2D eigenvalue weighted by molar-refractivity contribution is 0.0659. The Morgan fingerprint density at radius 3 is 3.11 bits per heavy atom. The maximum Gasteiger partial charge on any atom is 0.157 e. The Morgan fingerprint density at radius 2 is 2.22 bits per heavy atom. The first-order chi connectivity index (χ1) is 8.92. The third kappa shape index (κ3) is 2.61. The van der Waals surface area contributed by atoms with E-state index in [0.717, 1.165) is 24.6 Å². The molecule has 2 heterocycles. The zero-order chi connectivity index (χ0) is 12.2. The van der Waals surface area contributed by atoms with Gasteiger partial charge in [-0.25, -0.2) is 9.50 Å². The topological polar surface area (TPSA) is 51.5 Å². The van der Waals surface area contributed by atoms with Crippen LogP contribution in [0.25, 0.3) is 5.65 Å². The van der Waals surface area contributed by atoms with E-state index < -0.39 is 0 Å². The maximum atomic E-state index is 5.79. The van der Waals surface area contributed by atoms with Crippen LogP contribution in [0.1, 0.15) is 25.7 Å². The molecule has 0 saturated heterocycles. The van der Waals surface area contributed by atoms with E-state index in [1.807, 2.05) is 18.3 Å². The molecule has 0 amide bonds. The Kier molecular flexibility index (Phi) is 3.41. The van der Waals surface area contributed by atoms with Crippen molar-refractivity contribution >= 4 is 11.5 Å². The average Bonchev–Trinajstić information content (AvgIpc) is 3.05. The summed E-state index contributed by atoms with van der Waals surface area (Å²) in [7, 11) is 0. The molecule has 0 atom stereocenters. The second-order valence-electron chi connectivity index (χ2n) is 4.65. The van der Waals surface area contributed by atoms with Crippen molar-refractivity contribution in [2.75, 3.05) is 18.5 Å². The van der Waals surface area contributed by atoms with Crippen LogP contribution in [0, 0.1) is 0 Å². The number of aromatic nitrogens is 3. The minimum absolute atomic E-state index is 0.483. The summed E-state index contributed by atoms with van der Waals surface area (Å²) < 4.78 is 7.54. The molecule has 1 fully saturated rings. The summed E-state index contributed by atoms with van der Waals surface area (Å²) in [4.78, 5) is 4.44. The van der Waals surface area contributed by atoms with Gasteiger partial charge in [-0.05, 0) is 18.9 Å². The van der Waals surface area contributed by atoms with Crippen molar-refractivity contribution in [2.45, 2.75) is 31.8 Å². The lowest BCUT2D eigenvalue weighted by Crippen LogP contribution is -2.16. The van der Waals surface area contributed by atoms with Crippen molar-refractivity contribution in [3.63, 3.8) is 0 Å². The first-order valence-corrected chi connectivity index (χ1v) is 6.58. The van der Waals surface area contributed by atoms with Gasteiger partial charge in [0.2, 0.25) is 0 Å². The molecule has 1 N–H and O–H groups in total. The largest absolute Gasteiger partial charge is 0.376 e. The summed E-state index contributed by atoms with van der Waals surface area (Å²) in [5, 5.41) is 7.38. The summed E-state index contributed by atoms with van der Waals surface area (Å²) in [6, 6.07) is 3.82. The number of nitrogens with zero attached hydrogens (tertiary/aromatic N) is 3. The van der Waals surface area contributed by atoms with Gasteiger partial charge >= 0.3 is 0 Å². The highest BCUT2D eigenvalue weighted by Crippen LogP contribution is 2.20. The zero-order valence-corrected chi connectivity index (χ0v) is 10.4. The number of ether oxygens (including phenoxy) is 1. The fraction of sp³-hybridized carbons (Fsp3) is 0.538. The van der Waals surface area contributed by atoms with Gasteiger partial charge in [-0.3, -0.25) is 0 Å². The molecule has 5 heteroatoms. The van der Waals surface area contributed by atoms with Crippen molar-refractivity contribution < 1.29 is 4.74 Å².